The van der Waals surface area contributed by atoms with E-state index in [1.165, 1.54) is 0 Å². The van der Waals surface area contributed by atoms with Crippen molar-refractivity contribution in [3.05, 3.63) is 58.0 Å². The number of hydrogen-bond acceptors (Lipinski definition) is 4. The molecule has 0 saturated carbocycles. The molecule has 1 N–H and O–H groups in total. The number of likely N-dealkylation sites (tertiary alicyclic amines) is 1. The fraction of sp³-hybridized carbons (Fsp3) is 0.409. The molecule has 3 heterocycles. The number of amides is 1. The Labute approximate surface area is 168 Å². The molecule has 1 aromatic carbocycles. The van der Waals surface area contributed by atoms with Gasteiger partial charge in [0.05, 0.1) is 18.6 Å². The Hall–Kier alpha value is -2.93. The third-order valence-electron chi connectivity index (χ3n) is 5.89. The van der Waals surface area contributed by atoms with Crippen molar-refractivity contribution in [1.29, 1.82) is 0 Å². The van der Waals surface area contributed by atoms with Crippen LogP contribution in [0.3, 0.4) is 0 Å². The highest BCUT2D eigenvalue weighted by Gasteiger charge is 2.36. The lowest BCUT2D eigenvalue weighted by Gasteiger charge is -2.43. The van der Waals surface area contributed by atoms with Gasteiger partial charge < -0.3 is 19.3 Å². The number of carbonyl (C=O) groups excluding carboxylic acids is 1. The molecule has 2 aliphatic rings. The second kappa shape index (κ2) is 7.83. The molecule has 4 rings (SSSR count). The number of ether oxygens (including phenoxy) is 1. The summed E-state index contributed by atoms with van der Waals surface area (Å²) in [6.07, 6.45) is 1.34. The monoisotopic (exact) mass is 396 g/mol. The van der Waals surface area contributed by atoms with Gasteiger partial charge in [-0.3, -0.25) is 9.59 Å². The number of pyridine rings is 1. The van der Waals surface area contributed by atoms with Crippen molar-refractivity contribution in [1.82, 2.24) is 9.47 Å². The van der Waals surface area contributed by atoms with Crippen LogP contribution in [0, 0.1) is 5.92 Å². The third kappa shape index (κ3) is 3.82. The summed E-state index contributed by atoms with van der Waals surface area (Å²) >= 11 is 0. The van der Waals surface area contributed by atoms with Gasteiger partial charge in [-0.2, -0.15) is 0 Å². The Balaban J connectivity index is 1.64. The number of methoxy groups -OCH3 is 1. The molecule has 0 aliphatic carbocycles. The average Bonchev–Trinajstić information content (AvgIpc) is 2.72. The van der Waals surface area contributed by atoms with Crippen LogP contribution in [-0.4, -0.2) is 53.3 Å². The van der Waals surface area contributed by atoms with E-state index in [2.05, 4.69) is 0 Å². The summed E-state index contributed by atoms with van der Waals surface area (Å²) in [4.78, 5) is 38.2. The first-order valence-electron chi connectivity index (χ1n) is 9.81. The predicted octanol–water partition coefficient (Wildman–Crippen LogP) is 2.20. The summed E-state index contributed by atoms with van der Waals surface area (Å²) in [5.74, 6) is -0.475. The zero-order chi connectivity index (χ0) is 20.5. The maximum absolute atomic E-state index is 12.8. The zero-order valence-corrected chi connectivity index (χ0v) is 16.3. The van der Waals surface area contributed by atoms with Crippen LogP contribution in [-0.2, 0) is 16.1 Å². The number of fused-ring (bicyclic) bond motifs is 4. The molecular formula is C22H24N2O5. The molecule has 2 atom stereocenters. The molecule has 2 aromatic rings. The van der Waals surface area contributed by atoms with Crippen LogP contribution in [0.2, 0.25) is 0 Å². The smallest absolute Gasteiger partial charge is 0.335 e. The number of aromatic nitrogens is 1. The molecule has 7 nitrogen and oxygen atoms in total. The first-order chi connectivity index (χ1) is 14.0. The highest BCUT2D eigenvalue weighted by atomic mass is 16.5. The van der Waals surface area contributed by atoms with Crippen LogP contribution in [0.25, 0.3) is 11.1 Å². The summed E-state index contributed by atoms with van der Waals surface area (Å²) in [5.41, 5.74) is 2.70. The lowest BCUT2D eigenvalue weighted by atomic mass is 9.82. The van der Waals surface area contributed by atoms with Crippen LogP contribution in [0.4, 0.5) is 0 Å². The molecule has 29 heavy (non-hydrogen) atoms. The number of nitrogens with zero attached hydrogens (tertiary/aromatic N) is 2. The summed E-state index contributed by atoms with van der Waals surface area (Å²) in [6.45, 7) is 2.33. The predicted molar refractivity (Wildman–Crippen MR) is 107 cm³/mol. The number of benzene rings is 1. The number of piperidine rings is 1. The van der Waals surface area contributed by atoms with E-state index in [0.717, 1.165) is 23.2 Å². The maximum Gasteiger partial charge on any atom is 0.335 e. The van der Waals surface area contributed by atoms with E-state index >= 15 is 0 Å². The van der Waals surface area contributed by atoms with E-state index in [1.54, 1.807) is 37.4 Å². The lowest BCUT2D eigenvalue weighted by molar-refractivity contribution is -0.134. The summed E-state index contributed by atoms with van der Waals surface area (Å²) in [7, 11) is 1.59. The molecule has 152 valence electrons. The molecule has 1 amide bonds. The van der Waals surface area contributed by atoms with Gasteiger partial charge in [-0.25, -0.2) is 4.79 Å². The molecule has 0 spiro atoms. The van der Waals surface area contributed by atoms with Crippen molar-refractivity contribution in [2.75, 3.05) is 26.8 Å². The number of aromatic carboxylic acids is 1. The van der Waals surface area contributed by atoms with Gasteiger partial charge in [0.2, 0.25) is 5.91 Å². The van der Waals surface area contributed by atoms with Gasteiger partial charge in [0.15, 0.2) is 0 Å². The van der Waals surface area contributed by atoms with Crippen molar-refractivity contribution in [3.8, 4) is 11.1 Å². The van der Waals surface area contributed by atoms with Crippen LogP contribution in [0.15, 0.2) is 41.2 Å². The topological polar surface area (TPSA) is 88.8 Å². The largest absolute Gasteiger partial charge is 0.478 e. The molecule has 2 bridgehead atoms. The fourth-order valence-corrected chi connectivity index (χ4v) is 4.48. The van der Waals surface area contributed by atoms with Crippen molar-refractivity contribution in [2.24, 2.45) is 5.92 Å². The van der Waals surface area contributed by atoms with Gasteiger partial charge in [-0.05, 0) is 41.7 Å². The van der Waals surface area contributed by atoms with E-state index < -0.39 is 5.97 Å². The minimum absolute atomic E-state index is 0.0475. The Morgan fingerprint density at radius 1 is 1.10 bits per heavy atom. The van der Waals surface area contributed by atoms with Gasteiger partial charge in [0.1, 0.15) is 0 Å². The molecule has 1 saturated heterocycles. The van der Waals surface area contributed by atoms with Crippen LogP contribution in [0.5, 0.6) is 0 Å². The number of carboxylic acids is 1. The third-order valence-corrected chi connectivity index (χ3v) is 5.89. The van der Waals surface area contributed by atoms with Crippen LogP contribution >= 0.6 is 0 Å². The van der Waals surface area contributed by atoms with Crippen LogP contribution in [0.1, 0.15) is 34.8 Å². The molecule has 0 unspecified atom stereocenters. The summed E-state index contributed by atoms with van der Waals surface area (Å²) in [6, 6.07) is 10.2. The number of rotatable bonds is 5. The summed E-state index contributed by atoms with van der Waals surface area (Å²) < 4.78 is 6.87. The number of carboxylic acid groups (broad SMARTS) is 1. The lowest BCUT2D eigenvalue weighted by Crippen LogP contribution is -2.49. The van der Waals surface area contributed by atoms with Crippen LogP contribution < -0.4 is 5.56 Å². The van der Waals surface area contributed by atoms with Gasteiger partial charge in [0, 0.05) is 44.4 Å². The fourth-order valence-electron chi connectivity index (χ4n) is 4.48. The average molecular weight is 396 g/mol. The minimum atomic E-state index is -0.978. The normalized spacial score (nSPS) is 20.2. The first-order valence-corrected chi connectivity index (χ1v) is 9.81. The molecule has 1 aromatic heterocycles. The van der Waals surface area contributed by atoms with Crippen molar-refractivity contribution >= 4 is 11.9 Å². The number of carbonyl (C=O) groups is 2. The van der Waals surface area contributed by atoms with Gasteiger partial charge in [-0.15, -0.1) is 0 Å². The van der Waals surface area contributed by atoms with E-state index in [-0.39, 0.29) is 28.9 Å². The molecule has 7 heteroatoms. The first kappa shape index (κ1) is 19.4. The Morgan fingerprint density at radius 3 is 2.55 bits per heavy atom. The van der Waals surface area contributed by atoms with Crippen molar-refractivity contribution < 1.29 is 19.4 Å². The standard InChI is InChI=1S/C22H24N2O5/c1-29-7-6-20(25)23-11-14-8-18(13-23)19-9-17(10-21(26)24(19)12-14)15-2-4-16(5-3-15)22(27)28/h2-5,9-10,14,18H,6-8,11-13H2,1H3,(H,27,28)/t14-,18+/m0/s1. The maximum atomic E-state index is 12.8. The van der Waals surface area contributed by atoms with Gasteiger partial charge >= 0.3 is 5.97 Å². The number of hydrogen-bond donors (Lipinski definition) is 1. The quantitative estimate of drug-likeness (QED) is 0.837. The van der Waals surface area contributed by atoms with Gasteiger partial charge in [-0.1, -0.05) is 12.1 Å². The second-order valence-electron chi connectivity index (χ2n) is 7.84. The Kier molecular flexibility index (Phi) is 5.24. The second-order valence-corrected chi connectivity index (χ2v) is 7.84. The highest BCUT2D eigenvalue weighted by Crippen LogP contribution is 2.36. The van der Waals surface area contributed by atoms with E-state index in [9.17, 15) is 14.4 Å². The Morgan fingerprint density at radius 2 is 1.86 bits per heavy atom. The van der Waals surface area contributed by atoms with Crippen molar-refractivity contribution in [2.45, 2.75) is 25.3 Å². The van der Waals surface area contributed by atoms with Crippen molar-refractivity contribution in [3.63, 3.8) is 0 Å². The minimum Gasteiger partial charge on any atom is -0.478 e. The SMILES string of the molecule is COCCC(=O)N1C[C@@H]2C[C@H](C1)c1cc(-c3ccc(C(=O)O)cc3)cc(=O)n1C2. The van der Waals surface area contributed by atoms with E-state index in [0.29, 0.717) is 32.7 Å². The zero-order valence-electron chi connectivity index (χ0n) is 16.3. The Bertz CT molecular complexity index is 995. The summed E-state index contributed by atoms with van der Waals surface area (Å²) in [5, 5.41) is 9.08. The highest BCUT2D eigenvalue weighted by molar-refractivity contribution is 5.88. The molecule has 0 radical (unpaired) electrons. The van der Waals surface area contributed by atoms with E-state index in [4.69, 9.17) is 9.84 Å². The molecule has 1 fully saturated rings. The van der Waals surface area contributed by atoms with Gasteiger partial charge in [0.25, 0.3) is 5.56 Å². The van der Waals surface area contributed by atoms with E-state index in [1.807, 2.05) is 15.5 Å². The molecular weight excluding hydrogens is 372 g/mol. The molecule has 2 aliphatic heterocycles.